The van der Waals surface area contributed by atoms with Crippen LogP contribution in [0.5, 0.6) is 0 Å². The Morgan fingerprint density at radius 2 is 2.19 bits per heavy atom. The van der Waals surface area contributed by atoms with Crippen molar-refractivity contribution in [2.24, 2.45) is 5.92 Å². The Kier molecular flexibility index (Phi) is 4.73. The molecule has 0 aliphatic carbocycles. The van der Waals surface area contributed by atoms with E-state index >= 15 is 0 Å². The van der Waals surface area contributed by atoms with E-state index in [4.69, 9.17) is 4.74 Å². The molecule has 1 aliphatic rings. The van der Waals surface area contributed by atoms with Gasteiger partial charge in [0.2, 0.25) is 5.91 Å². The van der Waals surface area contributed by atoms with Gasteiger partial charge in [-0.15, -0.1) is 0 Å². The molecule has 1 rings (SSSR count). The van der Waals surface area contributed by atoms with Crippen LogP contribution in [0, 0.1) is 5.92 Å². The van der Waals surface area contributed by atoms with E-state index in [1.165, 1.54) is 0 Å². The number of rotatable bonds is 4. The van der Waals surface area contributed by atoms with Crippen LogP contribution in [-0.4, -0.2) is 61.5 Å². The van der Waals surface area contributed by atoms with E-state index in [-0.39, 0.29) is 17.8 Å². The molecule has 5 nitrogen and oxygen atoms in total. The van der Waals surface area contributed by atoms with Crippen molar-refractivity contribution in [2.75, 3.05) is 39.8 Å². The smallest absolute Gasteiger partial charge is 0.309 e. The van der Waals surface area contributed by atoms with Crippen molar-refractivity contribution in [3.05, 3.63) is 0 Å². The predicted molar refractivity (Wildman–Crippen MR) is 59.9 cm³/mol. The summed E-state index contributed by atoms with van der Waals surface area (Å²) < 4.78 is 4.93. The van der Waals surface area contributed by atoms with Crippen LogP contribution < -0.4 is 0 Å². The molecule has 0 aromatic carbocycles. The van der Waals surface area contributed by atoms with Crippen molar-refractivity contribution < 1.29 is 14.3 Å². The Hall–Kier alpha value is -1.10. The molecule has 1 unspecified atom stereocenters. The van der Waals surface area contributed by atoms with Crippen molar-refractivity contribution in [1.82, 2.24) is 9.80 Å². The van der Waals surface area contributed by atoms with Crippen LogP contribution >= 0.6 is 0 Å². The summed E-state index contributed by atoms with van der Waals surface area (Å²) in [4.78, 5) is 26.6. The normalized spacial score (nSPS) is 19.7. The molecule has 1 aliphatic heterocycles. The van der Waals surface area contributed by atoms with Gasteiger partial charge < -0.3 is 9.64 Å². The Balaban J connectivity index is 2.37. The summed E-state index contributed by atoms with van der Waals surface area (Å²) in [7, 11) is 1.80. The van der Waals surface area contributed by atoms with Crippen molar-refractivity contribution in [3.8, 4) is 0 Å². The van der Waals surface area contributed by atoms with Gasteiger partial charge in [-0.2, -0.15) is 0 Å². The zero-order chi connectivity index (χ0) is 12.1. The number of nitrogens with zero attached hydrogens (tertiary/aromatic N) is 2. The third-order valence-electron chi connectivity index (χ3n) is 2.76. The lowest BCUT2D eigenvalue weighted by Gasteiger charge is -2.32. The highest BCUT2D eigenvalue weighted by atomic mass is 16.5. The zero-order valence-corrected chi connectivity index (χ0v) is 10.2. The van der Waals surface area contributed by atoms with E-state index in [1.807, 2.05) is 11.8 Å². The summed E-state index contributed by atoms with van der Waals surface area (Å²) in [6.07, 6.45) is 0. The minimum Gasteiger partial charge on any atom is -0.466 e. The molecule has 5 heteroatoms. The SMILES string of the molecule is CCOC(=O)C(C)CN1CCN(C)C(=O)C1. The van der Waals surface area contributed by atoms with Gasteiger partial charge in [-0.1, -0.05) is 6.92 Å². The van der Waals surface area contributed by atoms with E-state index in [2.05, 4.69) is 0 Å². The summed E-state index contributed by atoms with van der Waals surface area (Å²) in [6.45, 7) is 6.59. The Bertz CT molecular complexity index is 268. The maximum Gasteiger partial charge on any atom is 0.309 e. The maximum atomic E-state index is 11.4. The van der Waals surface area contributed by atoms with Gasteiger partial charge in [-0.25, -0.2) is 0 Å². The third kappa shape index (κ3) is 3.48. The molecule has 0 N–H and O–H groups in total. The van der Waals surface area contributed by atoms with E-state index in [0.717, 1.165) is 13.1 Å². The fourth-order valence-electron chi connectivity index (χ4n) is 1.71. The maximum absolute atomic E-state index is 11.4. The number of piperazine rings is 1. The number of amides is 1. The standard InChI is InChI=1S/C11H20N2O3/c1-4-16-11(15)9(2)7-13-6-5-12(3)10(14)8-13/h9H,4-8H2,1-3H3. The molecule has 1 atom stereocenters. The fourth-order valence-corrected chi connectivity index (χ4v) is 1.71. The highest BCUT2D eigenvalue weighted by Crippen LogP contribution is 2.06. The van der Waals surface area contributed by atoms with Gasteiger partial charge in [0.25, 0.3) is 0 Å². The van der Waals surface area contributed by atoms with Crippen LogP contribution in [0.1, 0.15) is 13.8 Å². The first kappa shape index (κ1) is 13.0. The van der Waals surface area contributed by atoms with Gasteiger partial charge in [-0.05, 0) is 6.92 Å². The van der Waals surface area contributed by atoms with Crippen LogP contribution in [-0.2, 0) is 14.3 Å². The van der Waals surface area contributed by atoms with Gasteiger partial charge >= 0.3 is 5.97 Å². The molecule has 16 heavy (non-hydrogen) atoms. The number of carbonyl (C=O) groups is 2. The second-order valence-electron chi connectivity index (χ2n) is 4.20. The van der Waals surface area contributed by atoms with Crippen molar-refractivity contribution in [2.45, 2.75) is 13.8 Å². The number of hydrogen-bond donors (Lipinski definition) is 0. The second-order valence-corrected chi connectivity index (χ2v) is 4.20. The molecule has 1 saturated heterocycles. The molecule has 92 valence electrons. The molecule has 1 amide bonds. The summed E-state index contributed by atoms with van der Waals surface area (Å²) in [5, 5.41) is 0. The highest BCUT2D eigenvalue weighted by molar-refractivity contribution is 5.79. The summed E-state index contributed by atoms with van der Waals surface area (Å²) in [5.74, 6) is -0.243. The van der Waals surface area contributed by atoms with Crippen LogP contribution in [0.15, 0.2) is 0 Å². The first-order valence-corrected chi connectivity index (χ1v) is 5.67. The lowest BCUT2D eigenvalue weighted by molar-refractivity contribution is -0.149. The number of carbonyl (C=O) groups excluding carboxylic acids is 2. The molecule has 0 bridgehead atoms. The minimum atomic E-state index is -0.186. The Morgan fingerprint density at radius 1 is 1.50 bits per heavy atom. The summed E-state index contributed by atoms with van der Waals surface area (Å²) in [6, 6.07) is 0. The lowest BCUT2D eigenvalue weighted by Crippen LogP contribution is -2.50. The fraction of sp³-hybridized carbons (Fsp3) is 0.818. The van der Waals surface area contributed by atoms with E-state index in [9.17, 15) is 9.59 Å². The number of ether oxygens (including phenoxy) is 1. The molecule has 1 fully saturated rings. The molecule has 0 radical (unpaired) electrons. The average molecular weight is 228 g/mol. The van der Waals surface area contributed by atoms with Gasteiger partial charge in [0, 0.05) is 26.7 Å². The van der Waals surface area contributed by atoms with E-state index in [1.54, 1.807) is 18.9 Å². The van der Waals surface area contributed by atoms with Crippen LogP contribution in [0.2, 0.25) is 0 Å². The Labute approximate surface area is 96.3 Å². The van der Waals surface area contributed by atoms with Crippen molar-refractivity contribution in [3.63, 3.8) is 0 Å². The van der Waals surface area contributed by atoms with Crippen LogP contribution in [0.25, 0.3) is 0 Å². The summed E-state index contributed by atoms with van der Waals surface area (Å²) in [5.41, 5.74) is 0. The number of hydrogen-bond acceptors (Lipinski definition) is 4. The molecule has 0 aromatic heterocycles. The molecule has 0 saturated carbocycles. The molecule has 1 heterocycles. The quantitative estimate of drug-likeness (QED) is 0.634. The van der Waals surface area contributed by atoms with Crippen LogP contribution in [0.4, 0.5) is 0 Å². The topological polar surface area (TPSA) is 49.9 Å². The first-order valence-electron chi connectivity index (χ1n) is 5.67. The van der Waals surface area contributed by atoms with Gasteiger partial charge in [0.05, 0.1) is 19.1 Å². The van der Waals surface area contributed by atoms with Gasteiger partial charge in [0.1, 0.15) is 0 Å². The van der Waals surface area contributed by atoms with Crippen LogP contribution in [0.3, 0.4) is 0 Å². The Morgan fingerprint density at radius 3 is 2.75 bits per heavy atom. The second kappa shape index (κ2) is 5.84. The number of likely N-dealkylation sites (N-methyl/N-ethyl adjacent to an activating group) is 1. The largest absolute Gasteiger partial charge is 0.466 e. The van der Waals surface area contributed by atoms with Gasteiger partial charge in [-0.3, -0.25) is 14.5 Å². The average Bonchev–Trinajstić information content (AvgIpc) is 2.24. The lowest BCUT2D eigenvalue weighted by atomic mass is 10.1. The zero-order valence-electron chi connectivity index (χ0n) is 10.2. The first-order chi connectivity index (χ1) is 7.54. The minimum absolute atomic E-state index is 0.113. The van der Waals surface area contributed by atoms with Crippen molar-refractivity contribution >= 4 is 11.9 Å². The molecule has 0 spiro atoms. The highest BCUT2D eigenvalue weighted by Gasteiger charge is 2.24. The monoisotopic (exact) mass is 228 g/mol. The molecule has 0 aromatic rings. The summed E-state index contributed by atoms with van der Waals surface area (Å²) >= 11 is 0. The van der Waals surface area contributed by atoms with E-state index in [0.29, 0.717) is 19.7 Å². The van der Waals surface area contributed by atoms with Crippen molar-refractivity contribution in [1.29, 1.82) is 0 Å². The third-order valence-corrected chi connectivity index (χ3v) is 2.76. The molecular weight excluding hydrogens is 208 g/mol. The van der Waals surface area contributed by atoms with Gasteiger partial charge in [0.15, 0.2) is 0 Å². The van der Waals surface area contributed by atoms with E-state index < -0.39 is 0 Å². The number of esters is 1. The predicted octanol–water partition coefficient (Wildman–Crippen LogP) is -0.0404. The molecular formula is C11H20N2O3.